The Bertz CT molecular complexity index is 832. The van der Waals surface area contributed by atoms with Crippen LogP contribution in [-0.4, -0.2) is 30.0 Å². The highest BCUT2D eigenvalue weighted by Gasteiger charge is 2.19. The number of hydrogen-bond donors (Lipinski definition) is 1. The highest BCUT2D eigenvalue weighted by Crippen LogP contribution is 2.21. The molecule has 0 bridgehead atoms. The summed E-state index contributed by atoms with van der Waals surface area (Å²) in [7, 11) is 0. The van der Waals surface area contributed by atoms with Crippen molar-refractivity contribution in [2.24, 2.45) is 0 Å². The predicted octanol–water partition coefficient (Wildman–Crippen LogP) is 2.73. The lowest BCUT2D eigenvalue weighted by molar-refractivity contribution is -0.385. The van der Waals surface area contributed by atoms with Crippen LogP contribution in [0, 0.1) is 24.0 Å². The minimum absolute atomic E-state index is 0.0758. The average Bonchev–Trinajstić information content (AvgIpc) is 2.61. The number of rotatable bonds is 7. The van der Waals surface area contributed by atoms with E-state index in [-0.39, 0.29) is 16.8 Å². The Morgan fingerprint density at radius 2 is 1.85 bits per heavy atom. The van der Waals surface area contributed by atoms with E-state index in [4.69, 9.17) is 4.74 Å². The van der Waals surface area contributed by atoms with Crippen LogP contribution in [0.2, 0.25) is 0 Å². The molecule has 0 heterocycles. The number of ether oxygens (including phenoxy) is 1. The molecule has 0 aliphatic heterocycles. The highest BCUT2D eigenvalue weighted by atomic mass is 16.6. The maximum Gasteiger partial charge on any atom is 0.339 e. The Morgan fingerprint density at radius 1 is 1.12 bits per heavy atom. The summed E-state index contributed by atoms with van der Waals surface area (Å²) in [4.78, 5) is 34.2. The molecule has 2 aromatic rings. The summed E-state index contributed by atoms with van der Waals surface area (Å²) >= 11 is 0. The molecule has 2 rings (SSSR count). The summed E-state index contributed by atoms with van der Waals surface area (Å²) in [5.74, 6) is -1.18. The summed E-state index contributed by atoms with van der Waals surface area (Å²) in [6.45, 7) is 3.46. The lowest BCUT2D eigenvalue weighted by atomic mass is 10.1. The molecule has 0 fully saturated rings. The first kappa shape index (κ1) is 19.1. The van der Waals surface area contributed by atoms with Crippen LogP contribution in [0.1, 0.15) is 27.0 Å². The molecule has 26 heavy (non-hydrogen) atoms. The van der Waals surface area contributed by atoms with Crippen LogP contribution in [0.4, 0.5) is 5.69 Å². The average molecular weight is 356 g/mol. The number of nitro groups is 1. The van der Waals surface area contributed by atoms with E-state index >= 15 is 0 Å². The molecule has 0 saturated heterocycles. The summed E-state index contributed by atoms with van der Waals surface area (Å²) in [5.41, 5.74) is 2.41. The van der Waals surface area contributed by atoms with Crippen molar-refractivity contribution in [3.63, 3.8) is 0 Å². The van der Waals surface area contributed by atoms with Gasteiger partial charge in [0.15, 0.2) is 6.61 Å². The van der Waals surface area contributed by atoms with E-state index in [1.807, 2.05) is 31.2 Å². The lowest BCUT2D eigenvalue weighted by Gasteiger charge is -2.09. The Hall–Kier alpha value is -3.22. The summed E-state index contributed by atoms with van der Waals surface area (Å²) in [5, 5.41) is 13.6. The third kappa shape index (κ3) is 4.89. The molecule has 0 aliphatic carbocycles. The Kier molecular flexibility index (Phi) is 6.43. The summed E-state index contributed by atoms with van der Waals surface area (Å²) in [6.07, 6.45) is 0.677. The van der Waals surface area contributed by atoms with E-state index in [0.717, 1.165) is 11.1 Å². The van der Waals surface area contributed by atoms with Gasteiger partial charge in [0, 0.05) is 18.2 Å². The molecule has 7 nitrogen and oxygen atoms in total. The predicted molar refractivity (Wildman–Crippen MR) is 96.0 cm³/mol. The van der Waals surface area contributed by atoms with Crippen molar-refractivity contribution in [1.29, 1.82) is 0 Å². The fourth-order valence-electron chi connectivity index (χ4n) is 2.53. The minimum atomic E-state index is -0.764. The van der Waals surface area contributed by atoms with Crippen molar-refractivity contribution in [3.8, 4) is 0 Å². The van der Waals surface area contributed by atoms with Gasteiger partial charge >= 0.3 is 5.97 Å². The zero-order valence-corrected chi connectivity index (χ0v) is 14.7. The first-order chi connectivity index (χ1) is 12.4. The van der Waals surface area contributed by atoms with Crippen LogP contribution in [0.15, 0.2) is 42.5 Å². The fraction of sp³-hybridized carbons (Fsp3) is 0.263. The van der Waals surface area contributed by atoms with Gasteiger partial charge in [-0.3, -0.25) is 14.9 Å². The molecule has 0 aromatic heterocycles. The van der Waals surface area contributed by atoms with Gasteiger partial charge in [-0.2, -0.15) is 0 Å². The molecular formula is C19H20N2O5. The second kappa shape index (κ2) is 8.75. The molecule has 2 aromatic carbocycles. The molecule has 1 amide bonds. The number of aryl methyl sites for hydroxylation is 1. The highest BCUT2D eigenvalue weighted by molar-refractivity contribution is 5.93. The molecule has 1 N–H and O–H groups in total. The van der Waals surface area contributed by atoms with Crippen LogP contribution >= 0.6 is 0 Å². The standard InChI is InChI=1S/C19H20N2O5/c1-13-6-3-4-7-15(13)10-11-20-18(22)12-26-19(23)16-8-5-9-17(14(16)2)21(24)25/h3-9H,10-12H2,1-2H3,(H,20,22). The van der Waals surface area contributed by atoms with Crippen LogP contribution in [-0.2, 0) is 16.0 Å². The monoisotopic (exact) mass is 356 g/mol. The molecule has 0 saturated carbocycles. The SMILES string of the molecule is Cc1ccccc1CCNC(=O)COC(=O)c1cccc([N+](=O)[O-])c1C. The first-order valence-electron chi connectivity index (χ1n) is 8.12. The Balaban J connectivity index is 1.84. The molecular weight excluding hydrogens is 336 g/mol. The zero-order valence-electron chi connectivity index (χ0n) is 14.7. The van der Waals surface area contributed by atoms with Crippen LogP contribution in [0.3, 0.4) is 0 Å². The summed E-state index contributed by atoms with van der Waals surface area (Å²) < 4.78 is 4.96. The molecule has 0 atom stereocenters. The van der Waals surface area contributed by atoms with Gasteiger partial charge in [0.1, 0.15) is 0 Å². The fourth-order valence-corrected chi connectivity index (χ4v) is 2.53. The van der Waals surface area contributed by atoms with Gasteiger partial charge in [-0.25, -0.2) is 4.79 Å². The molecule has 7 heteroatoms. The van der Waals surface area contributed by atoms with Crippen molar-refractivity contribution < 1.29 is 19.2 Å². The van der Waals surface area contributed by atoms with E-state index in [2.05, 4.69) is 5.32 Å². The normalized spacial score (nSPS) is 10.2. The maximum absolute atomic E-state index is 12.1. The van der Waals surface area contributed by atoms with E-state index in [0.29, 0.717) is 13.0 Å². The number of carbonyl (C=O) groups excluding carboxylic acids is 2. The molecule has 136 valence electrons. The molecule has 0 unspecified atom stereocenters. The number of esters is 1. The largest absolute Gasteiger partial charge is 0.452 e. The van der Waals surface area contributed by atoms with Gasteiger partial charge in [0.05, 0.1) is 10.5 Å². The van der Waals surface area contributed by atoms with E-state index < -0.39 is 23.4 Å². The Morgan fingerprint density at radius 3 is 2.54 bits per heavy atom. The van der Waals surface area contributed by atoms with E-state index in [9.17, 15) is 19.7 Å². The topological polar surface area (TPSA) is 98.5 Å². The quantitative estimate of drug-likeness (QED) is 0.467. The zero-order chi connectivity index (χ0) is 19.1. The van der Waals surface area contributed by atoms with Gasteiger partial charge in [0.25, 0.3) is 11.6 Å². The van der Waals surface area contributed by atoms with Crippen molar-refractivity contribution in [3.05, 3.63) is 74.8 Å². The second-order valence-corrected chi connectivity index (χ2v) is 5.81. The van der Waals surface area contributed by atoms with E-state index in [1.165, 1.54) is 25.1 Å². The van der Waals surface area contributed by atoms with Gasteiger partial charge in [-0.1, -0.05) is 30.3 Å². The third-order valence-corrected chi connectivity index (χ3v) is 4.03. The first-order valence-corrected chi connectivity index (χ1v) is 8.12. The van der Waals surface area contributed by atoms with Crippen molar-refractivity contribution in [2.75, 3.05) is 13.2 Å². The van der Waals surface area contributed by atoms with E-state index in [1.54, 1.807) is 0 Å². The number of amides is 1. The number of benzene rings is 2. The van der Waals surface area contributed by atoms with Gasteiger partial charge < -0.3 is 10.1 Å². The van der Waals surface area contributed by atoms with Crippen LogP contribution in [0.25, 0.3) is 0 Å². The lowest BCUT2D eigenvalue weighted by Crippen LogP contribution is -2.30. The molecule has 0 aliphatic rings. The molecule has 0 radical (unpaired) electrons. The van der Waals surface area contributed by atoms with Crippen LogP contribution < -0.4 is 5.32 Å². The Labute approximate surface area is 151 Å². The number of nitrogens with one attached hydrogen (secondary N) is 1. The van der Waals surface area contributed by atoms with Crippen molar-refractivity contribution >= 4 is 17.6 Å². The number of nitrogens with zero attached hydrogens (tertiary/aromatic N) is 1. The minimum Gasteiger partial charge on any atom is -0.452 e. The number of nitro benzene ring substituents is 1. The van der Waals surface area contributed by atoms with Gasteiger partial charge in [-0.15, -0.1) is 0 Å². The third-order valence-electron chi connectivity index (χ3n) is 4.03. The molecule has 0 spiro atoms. The van der Waals surface area contributed by atoms with Gasteiger partial charge in [0.2, 0.25) is 0 Å². The smallest absolute Gasteiger partial charge is 0.339 e. The van der Waals surface area contributed by atoms with Crippen LogP contribution in [0.5, 0.6) is 0 Å². The number of hydrogen-bond acceptors (Lipinski definition) is 5. The summed E-state index contributed by atoms with van der Waals surface area (Å²) in [6, 6.07) is 12.0. The van der Waals surface area contributed by atoms with Crippen molar-refractivity contribution in [1.82, 2.24) is 5.32 Å². The van der Waals surface area contributed by atoms with Crippen molar-refractivity contribution in [2.45, 2.75) is 20.3 Å². The maximum atomic E-state index is 12.1. The second-order valence-electron chi connectivity index (χ2n) is 5.81. The van der Waals surface area contributed by atoms with Gasteiger partial charge in [-0.05, 0) is 37.5 Å². The number of carbonyl (C=O) groups is 2.